The molecular formula is C18H15ClN4O2. The Morgan fingerprint density at radius 3 is 2.48 bits per heavy atom. The van der Waals surface area contributed by atoms with E-state index in [2.05, 4.69) is 15.6 Å². The van der Waals surface area contributed by atoms with Gasteiger partial charge >= 0.3 is 6.03 Å². The summed E-state index contributed by atoms with van der Waals surface area (Å²) in [6.07, 6.45) is 0. The fraction of sp³-hybridized carbons (Fsp3) is 0.0556. The van der Waals surface area contributed by atoms with E-state index in [9.17, 15) is 9.59 Å². The molecule has 0 fully saturated rings. The number of primary amides is 1. The summed E-state index contributed by atoms with van der Waals surface area (Å²) in [6, 6.07) is 13.1. The van der Waals surface area contributed by atoms with Crippen LogP contribution >= 0.6 is 11.6 Å². The van der Waals surface area contributed by atoms with Crippen LogP contribution in [0.2, 0.25) is 5.02 Å². The molecule has 0 bridgehead atoms. The van der Waals surface area contributed by atoms with E-state index in [1.807, 2.05) is 6.07 Å². The number of nitrogens with zero attached hydrogens (tertiary/aromatic N) is 1. The third kappa shape index (κ3) is 3.87. The number of carbonyl (C=O) groups is 2. The van der Waals surface area contributed by atoms with Crippen LogP contribution in [0.3, 0.4) is 0 Å². The molecule has 0 aliphatic rings. The summed E-state index contributed by atoms with van der Waals surface area (Å²) in [5, 5.41) is 6.61. The van der Waals surface area contributed by atoms with E-state index in [4.69, 9.17) is 17.3 Å². The Morgan fingerprint density at radius 1 is 1.04 bits per heavy atom. The zero-order chi connectivity index (χ0) is 18.0. The largest absolute Gasteiger partial charge is 0.351 e. The first-order chi connectivity index (χ1) is 11.9. The van der Waals surface area contributed by atoms with Gasteiger partial charge in [0.2, 0.25) is 0 Å². The van der Waals surface area contributed by atoms with Crippen LogP contribution in [0.25, 0.3) is 10.9 Å². The van der Waals surface area contributed by atoms with Gasteiger partial charge < -0.3 is 16.4 Å². The van der Waals surface area contributed by atoms with Crippen molar-refractivity contribution in [3.8, 4) is 0 Å². The lowest BCUT2D eigenvalue weighted by molar-refractivity contribution is 0.102. The first-order valence-electron chi connectivity index (χ1n) is 7.47. The van der Waals surface area contributed by atoms with Gasteiger partial charge in [-0.3, -0.25) is 9.78 Å². The number of anilines is 2. The average Bonchev–Trinajstić information content (AvgIpc) is 2.54. The fourth-order valence-electron chi connectivity index (χ4n) is 2.49. The van der Waals surface area contributed by atoms with Crippen molar-refractivity contribution >= 4 is 45.8 Å². The van der Waals surface area contributed by atoms with E-state index in [0.29, 0.717) is 27.7 Å². The van der Waals surface area contributed by atoms with Gasteiger partial charge in [-0.05, 0) is 49.4 Å². The minimum absolute atomic E-state index is 0.303. The maximum Gasteiger partial charge on any atom is 0.316 e. The molecule has 6 nitrogen and oxygen atoms in total. The number of urea groups is 1. The van der Waals surface area contributed by atoms with Crippen LogP contribution in [0.1, 0.15) is 16.1 Å². The number of nitrogens with one attached hydrogen (secondary N) is 2. The molecule has 0 atom stereocenters. The monoisotopic (exact) mass is 354 g/mol. The second-order valence-corrected chi connectivity index (χ2v) is 5.92. The molecule has 3 aromatic rings. The van der Waals surface area contributed by atoms with E-state index in [1.54, 1.807) is 49.4 Å². The van der Waals surface area contributed by atoms with Crippen molar-refractivity contribution in [3.05, 3.63) is 64.8 Å². The molecule has 3 rings (SSSR count). The number of amides is 3. The Hall–Kier alpha value is -3.12. The smallest absolute Gasteiger partial charge is 0.316 e. The van der Waals surface area contributed by atoms with Gasteiger partial charge in [0, 0.05) is 21.8 Å². The Morgan fingerprint density at radius 2 is 1.76 bits per heavy atom. The lowest BCUT2D eigenvalue weighted by Gasteiger charge is -2.10. The number of carbonyl (C=O) groups excluding carboxylic acids is 2. The van der Waals surface area contributed by atoms with E-state index >= 15 is 0 Å². The van der Waals surface area contributed by atoms with Crippen molar-refractivity contribution in [2.24, 2.45) is 5.73 Å². The third-order valence-corrected chi connectivity index (χ3v) is 3.84. The summed E-state index contributed by atoms with van der Waals surface area (Å²) in [7, 11) is 0. The number of hydrogen-bond acceptors (Lipinski definition) is 3. The van der Waals surface area contributed by atoms with Gasteiger partial charge in [0.25, 0.3) is 5.91 Å². The maximum atomic E-state index is 12.6. The van der Waals surface area contributed by atoms with Crippen LogP contribution in [0.5, 0.6) is 0 Å². The Bertz CT molecular complexity index is 988. The molecule has 0 aliphatic carbocycles. The highest BCUT2D eigenvalue weighted by atomic mass is 35.5. The van der Waals surface area contributed by atoms with Crippen molar-refractivity contribution < 1.29 is 9.59 Å². The van der Waals surface area contributed by atoms with Crippen LogP contribution in [0, 0.1) is 6.92 Å². The summed E-state index contributed by atoms with van der Waals surface area (Å²) in [4.78, 5) is 28.0. The molecule has 0 aliphatic heterocycles. The van der Waals surface area contributed by atoms with Crippen molar-refractivity contribution in [1.82, 2.24) is 4.98 Å². The molecule has 1 heterocycles. The zero-order valence-corrected chi connectivity index (χ0v) is 14.1. The van der Waals surface area contributed by atoms with Crippen molar-refractivity contribution in [2.75, 3.05) is 10.6 Å². The van der Waals surface area contributed by atoms with Gasteiger partial charge in [0.05, 0.1) is 16.8 Å². The lowest BCUT2D eigenvalue weighted by Crippen LogP contribution is -2.19. The van der Waals surface area contributed by atoms with E-state index in [1.165, 1.54) is 0 Å². The molecule has 7 heteroatoms. The van der Waals surface area contributed by atoms with E-state index in [-0.39, 0.29) is 5.91 Å². The van der Waals surface area contributed by atoms with Crippen LogP contribution in [0.15, 0.2) is 48.5 Å². The maximum absolute atomic E-state index is 12.6. The summed E-state index contributed by atoms with van der Waals surface area (Å²) >= 11 is 6.01. The minimum Gasteiger partial charge on any atom is -0.351 e. The van der Waals surface area contributed by atoms with Crippen LogP contribution in [0.4, 0.5) is 16.2 Å². The summed E-state index contributed by atoms with van der Waals surface area (Å²) in [6.45, 7) is 1.77. The fourth-order valence-corrected chi connectivity index (χ4v) is 2.67. The topological polar surface area (TPSA) is 97.1 Å². The number of hydrogen-bond donors (Lipinski definition) is 3. The standard InChI is InChI=1S/C18H15ClN4O2/c1-10-15(8-11-7-12(19)5-6-16(11)21-10)17(24)22-13-3-2-4-14(9-13)23-18(20)25/h2-9H,1H3,(H,22,24)(H3,20,23,25). The molecule has 3 amide bonds. The quantitative estimate of drug-likeness (QED) is 0.664. The van der Waals surface area contributed by atoms with Gasteiger partial charge in [-0.2, -0.15) is 0 Å². The van der Waals surface area contributed by atoms with Gasteiger partial charge in [-0.25, -0.2) is 4.79 Å². The predicted octanol–water partition coefficient (Wildman–Crippen LogP) is 3.94. The molecule has 126 valence electrons. The molecule has 0 unspecified atom stereocenters. The lowest BCUT2D eigenvalue weighted by atomic mass is 10.1. The molecule has 2 aromatic carbocycles. The van der Waals surface area contributed by atoms with E-state index in [0.717, 1.165) is 10.9 Å². The molecule has 1 aromatic heterocycles. The molecule has 4 N–H and O–H groups in total. The second kappa shape index (κ2) is 6.78. The van der Waals surface area contributed by atoms with Gasteiger partial charge in [-0.1, -0.05) is 17.7 Å². The first kappa shape index (κ1) is 16.7. The van der Waals surface area contributed by atoms with E-state index < -0.39 is 6.03 Å². The molecule has 0 saturated heterocycles. The van der Waals surface area contributed by atoms with Gasteiger partial charge in [0.15, 0.2) is 0 Å². The van der Waals surface area contributed by atoms with Crippen LogP contribution in [-0.4, -0.2) is 16.9 Å². The first-order valence-corrected chi connectivity index (χ1v) is 7.85. The summed E-state index contributed by atoms with van der Waals surface area (Å²) in [5.74, 6) is -0.303. The van der Waals surface area contributed by atoms with Gasteiger partial charge in [0.1, 0.15) is 0 Å². The minimum atomic E-state index is -0.671. The number of fused-ring (bicyclic) bond motifs is 1. The highest BCUT2D eigenvalue weighted by Gasteiger charge is 2.12. The number of aromatic nitrogens is 1. The normalized spacial score (nSPS) is 10.5. The number of pyridine rings is 1. The SMILES string of the molecule is Cc1nc2ccc(Cl)cc2cc1C(=O)Nc1cccc(NC(N)=O)c1. The molecule has 0 radical (unpaired) electrons. The van der Waals surface area contributed by atoms with Crippen LogP contribution < -0.4 is 16.4 Å². The third-order valence-electron chi connectivity index (χ3n) is 3.60. The number of nitrogens with two attached hydrogens (primary N) is 1. The summed E-state index contributed by atoms with van der Waals surface area (Å²) < 4.78 is 0. The van der Waals surface area contributed by atoms with Crippen LogP contribution in [-0.2, 0) is 0 Å². The number of halogens is 1. The molecule has 0 spiro atoms. The number of benzene rings is 2. The predicted molar refractivity (Wildman–Crippen MR) is 99.1 cm³/mol. The molecule has 25 heavy (non-hydrogen) atoms. The number of rotatable bonds is 3. The van der Waals surface area contributed by atoms with Crippen molar-refractivity contribution in [2.45, 2.75) is 6.92 Å². The summed E-state index contributed by atoms with van der Waals surface area (Å²) in [5.41, 5.74) is 7.94. The highest BCUT2D eigenvalue weighted by molar-refractivity contribution is 6.31. The molecule has 0 saturated carbocycles. The van der Waals surface area contributed by atoms with Crippen molar-refractivity contribution in [3.63, 3.8) is 0 Å². The Balaban J connectivity index is 1.89. The molecular weight excluding hydrogens is 340 g/mol. The highest BCUT2D eigenvalue weighted by Crippen LogP contribution is 2.22. The zero-order valence-electron chi connectivity index (χ0n) is 13.3. The second-order valence-electron chi connectivity index (χ2n) is 5.48. The van der Waals surface area contributed by atoms with Crippen molar-refractivity contribution in [1.29, 1.82) is 0 Å². The number of aryl methyl sites for hydroxylation is 1. The van der Waals surface area contributed by atoms with Gasteiger partial charge in [-0.15, -0.1) is 0 Å². The Labute approximate surface area is 149 Å². The Kier molecular flexibility index (Phi) is 4.54. The average molecular weight is 355 g/mol.